The van der Waals surface area contributed by atoms with Crippen LogP contribution in [0.15, 0.2) is 29.2 Å². The number of nitrogens with zero attached hydrogens (tertiary/aromatic N) is 2. The summed E-state index contributed by atoms with van der Waals surface area (Å²) in [5.74, 6) is -1.28. The van der Waals surface area contributed by atoms with Gasteiger partial charge in [-0.25, -0.2) is 8.42 Å². The Morgan fingerprint density at radius 1 is 1.29 bits per heavy atom. The van der Waals surface area contributed by atoms with Gasteiger partial charge in [0.05, 0.1) is 9.82 Å². The molecule has 0 aliphatic carbocycles. The number of nitro benzene ring substituents is 1. The van der Waals surface area contributed by atoms with E-state index in [1.54, 1.807) is 20.8 Å². The van der Waals surface area contributed by atoms with Gasteiger partial charge in [0.25, 0.3) is 5.69 Å². The standard InChI is InChI=1S/C12H16N2O6S/c1-12(2,3)13(8-11(15)16)21(19,20)10-6-4-9(5-7-10)14(17)18/h4-7H,8H2,1-3H3,(H,15,16). The minimum atomic E-state index is -4.07. The number of nitro groups is 1. The van der Waals surface area contributed by atoms with E-state index in [1.807, 2.05) is 0 Å². The zero-order valence-electron chi connectivity index (χ0n) is 11.8. The van der Waals surface area contributed by atoms with Crippen LogP contribution in [0, 0.1) is 10.1 Å². The Bertz CT molecular complexity index is 645. The lowest BCUT2D eigenvalue weighted by atomic mass is 10.1. The maximum atomic E-state index is 12.5. The molecule has 21 heavy (non-hydrogen) atoms. The summed E-state index contributed by atoms with van der Waals surface area (Å²) in [4.78, 5) is 20.6. The summed E-state index contributed by atoms with van der Waals surface area (Å²) in [6.45, 7) is 4.01. The molecule has 9 heteroatoms. The lowest BCUT2D eigenvalue weighted by Crippen LogP contribution is -2.48. The maximum absolute atomic E-state index is 12.5. The van der Waals surface area contributed by atoms with Gasteiger partial charge in [-0.3, -0.25) is 14.9 Å². The molecule has 1 aromatic rings. The van der Waals surface area contributed by atoms with Gasteiger partial charge in [-0.1, -0.05) is 0 Å². The normalized spacial score (nSPS) is 12.4. The van der Waals surface area contributed by atoms with Crippen LogP contribution in [0.25, 0.3) is 0 Å². The van der Waals surface area contributed by atoms with Crippen LogP contribution in [-0.2, 0) is 14.8 Å². The second-order valence-electron chi connectivity index (χ2n) is 5.33. The third kappa shape index (κ3) is 3.99. The monoisotopic (exact) mass is 316 g/mol. The van der Waals surface area contributed by atoms with E-state index >= 15 is 0 Å². The molecule has 0 aliphatic rings. The molecule has 0 bridgehead atoms. The summed E-state index contributed by atoms with van der Waals surface area (Å²) in [6.07, 6.45) is 0. The molecule has 8 nitrogen and oxygen atoms in total. The average molecular weight is 316 g/mol. The molecule has 0 aliphatic heterocycles. The first kappa shape index (κ1) is 17.1. The molecule has 0 spiro atoms. The third-order valence-electron chi connectivity index (χ3n) is 2.66. The first-order valence-corrected chi connectivity index (χ1v) is 7.39. The van der Waals surface area contributed by atoms with Crippen molar-refractivity contribution in [3.63, 3.8) is 0 Å². The van der Waals surface area contributed by atoms with Gasteiger partial charge in [0.2, 0.25) is 10.0 Å². The highest BCUT2D eigenvalue weighted by Gasteiger charge is 2.35. The molecule has 1 N–H and O–H groups in total. The van der Waals surface area contributed by atoms with Crippen LogP contribution < -0.4 is 0 Å². The molecule has 116 valence electrons. The predicted molar refractivity (Wildman–Crippen MR) is 74.4 cm³/mol. The molecule has 1 aromatic carbocycles. The SMILES string of the molecule is CC(C)(C)N(CC(=O)O)S(=O)(=O)c1ccc([N+](=O)[O-])cc1. The molecule has 0 saturated carbocycles. The van der Waals surface area contributed by atoms with Gasteiger partial charge in [0.1, 0.15) is 6.54 Å². The molecule has 0 fully saturated rings. The first-order chi connectivity index (χ1) is 9.46. The van der Waals surface area contributed by atoms with E-state index in [4.69, 9.17) is 5.11 Å². The number of non-ortho nitro benzene ring substituents is 1. The average Bonchev–Trinajstić information content (AvgIpc) is 2.34. The van der Waals surface area contributed by atoms with Gasteiger partial charge in [-0.15, -0.1) is 0 Å². The molecule has 0 saturated heterocycles. The fourth-order valence-corrected chi connectivity index (χ4v) is 3.41. The Hall–Kier alpha value is -2.00. The minimum Gasteiger partial charge on any atom is -0.480 e. The van der Waals surface area contributed by atoms with Crippen LogP contribution in [-0.4, -0.2) is 40.8 Å². The van der Waals surface area contributed by atoms with Gasteiger partial charge >= 0.3 is 5.97 Å². The van der Waals surface area contributed by atoms with Crippen molar-refractivity contribution in [2.75, 3.05) is 6.54 Å². The van der Waals surface area contributed by atoms with Crippen molar-refractivity contribution >= 4 is 21.7 Å². The Morgan fingerprint density at radius 3 is 2.10 bits per heavy atom. The highest BCUT2D eigenvalue weighted by Crippen LogP contribution is 2.25. The molecule has 1 rings (SSSR count). The lowest BCUT2D eigenvalue weighted by molar-refractivity contribution is -0.384. The quantitative estimate of drug-likeness (QED) is 0.649. The fourth-order valence-electron chi connectivity index (χ4n) is 1.67. The van der Waals surface area contributed by atoms with Crippen LogP contribution in [0.4, 0.5) is 5.69 Å². The summed E-state index contributed by atoms with van der Waals surface area (Å²) < 4.78 is 25.8. The summed E-state index contributed by atoms with van der Waals surface area (Å²) in [6, 6.07) is 4.31. The van der Waals surface area contributed by atoms with Crippen LogP contribution >= 0.6 is 0 Å². The summed E-state index contributed by atoms with van der Waals surface area (Å²) >= 11 is 0. The number of hydrogen-bond acceptors (Lipinski definition) is 5. The van der Waals surface area contributed by atoms with Crippen molar-refractivity contribution in [3.8, 4) is 0 Å². The largest absolute Gasteiger partial charge is 0.480 e. The maximum Gasteiger partial charge on any atom is 0.318 e. The van der Waals surface area contributed by atoms with Crippen LogP contribution in [0.3, 0.4) is 0 Å². The Morgan fingerprint density at radius 2 is 1.76 bits per heavy atom. The number of sulfonamides is 1. The fraction of sp³-hybridized carbons (Fsp3) is 0.417. The number of carboxylic acid groups (broad SMARTS) is 1. The van der Waals surface area contributed by atoms with Gasteiger partial charge in [-0.2, -0.15) is 4.31 Å². The molecular formula is C12H16N2O6S. The molecule has 0 aromatic heterocycles. The Kier molecular flexibility index (Phi) is 4.69. The van der Waals surface area contributed by atoms with Crippen LogP contribution in [0.1, 0.15) is 20.8 Å². The van der Waals surface area contributed by atoms with E-state index in [1.165, 1.54) is 0 Å². The van der Waals surface area contributed by atoms with E-state index < -0.39 is 33.0 Å². The van der Waals surface area contributed by atoms with E-state index in [0.29, 0.717) is 0 Å². The smallest absolute Gasteiger partial charge is 0.318 e. The van der Waals surface area contributed by atoms with E-state index in [2.05, 4.69) is 0 Å². The van der Waals surface area contributed by atoms with Gasteiger partial charge in [0.15, 0.2) is 0 Å². The molecule has 0 unspecified atom stereocenters. The lowest BCUT2D eigenvalue weighted by Gasteiger charge is -2.33. The van der Waals surface area contributed by atoms with Crippen molar-refractivity contribution in [1.82, 2.24) is 4.31 Å². The molecule has 0 amide bonds. The van der Waals surface area contributed by atoms with Crippen molar-refractivity contribution < 1.29 is 23.2 Å². The molecule has 0 atom stereocenters. The van der Waals surface area contributed by atoms with E-state index in [-0.39, 0.29) is 10.6 Å². The summed E-state index contributed by atoms with van der Waals surface area (Å²) in [5.41, 5.74) is -1.19. The predicted octanol–water partition coefficient (Wildman–Crippen LogP) is 1.47. The number of hydrogen-bond donors (Lipinski definition) is 1. The number of benzene rings is 1. The molecule has 0 radical (unpaired) electrons. The first-order valence-electron chi connectivity index (χ1n) is 5.95. The molecular weight excluding hydrogens is 300 g/mol. The summed E-state index contributed by atoms with van der Waals surface area (Å²) in [5, 5.41) is 19.4. The number of carbonyl (C=O) groups is 1. The minimum absolute atomic E-state index is 0.190. The van der Waals surface area contributed by atoms with Crippen molar-refractivity contribution in [2.45, 2.75) is 31.2 Å². The second kappa shape index (κ2) is 5.78. The summed E-state index contributed by atoms with van der Waals surface area (Å²) in [7, 11) is -4.07. The molecule has 0 heterocycles. The third-order valence-corrected chi connectivity index (χ3v) is 4.79. The highest BCUT2D eigenvalue weighted by molar-refractivity contribution is 7.89. The Labute approximate surface area is 122 Å². The van der Waals surface area contributed by atoms with E-state index in [9.17, 15) is 23.3 Å². The van der Waals surface area contributed by atoms with Crippen LogP contribution in [0.2, 0.25) is 0 Å². The van der Waals surface area contributed by atoms with Gasteiger partial charge < -0.3 is 5.11 Å². The topological polar surface area (TPSA) is 118 Å². The highest BCUT2D eigenvalue weighted by atomic mass is 32.2. The number of rotatable bonds is 5. The zero-order valence-corrected chi connectivity index (χ0v) is 12.6. The van der Waals surface area contributed by atoms with Gasteiger partial charge in [-0.05, 0) is 32.9 Å². The van der Waals surface area contributed by atoms with Crippen LogP contribution in [0.5, 0.6) is 0 Å². The zero-order chi connectivity index (χ0) is 16.4. The van der Waals surface area contributed by atoms with Crippen molar-refractivity contribution in [3.05, 3.63) is 34.4 Å². The number of carboxylic acids is 1. The number of aliphatic carboxylic acids is 1. The van der Waals surface area contributed by atoms with Crippen molar-refractivity contribution in [2.24, 2.45) is 0 Å². The second-order valence-corrected chi connectivity index (χ2v) is 7.19. The van der Waals surface area contributed by atoms with Crippen molar-refractivity contribution in [1.29, 1.82) is 0 Å². The van der Waals surface area contributed by atoms with Gasteiger partial charge in [0, 0.05) is 17.7 Å². The van der Waals surface area contributed by atoms with E-state index in [0.717, 1.165) is 28.6 Å². The Balaban J connectivity index is 3.28.